The van der Waals surface area contributed by atoms with Gasteiger partial charge in [-0.25, -0.2) is 4.79 Å². The second kappa shape index (κ2) is 7.71. The lowest BCUT2D eigenvalue weighted by Crippen LogP contribution is -2.37. The van der Waals surface area contributed by atoms with Crippen molar-refractivity contribution in [1.82, 2.24) is 15.6 Å². The number of rotatable bonds is 5. The number of carbonyl (C=O) groups excluding carboxylic acids is 1. The van der Waals surface area contributed by atoms with Crippen LogP contribution in [0.4, 0.5) is 4.79 Å². The van der Waals surface area contributed by atoms with Crippen LogP contribution in [0.25, 0.3) is 0 Å². The predicted octanol–water partition coefficient (Wildman–Crippen LogP) is 2.65. The Hall–Kier alpha value is -2.80. The first-order chi connectivity index (χ1) is 10.3. The Balaban J connectivity index is 1.91. The Labute approximate surface area is 124 Å². The van der Waals surface area contributed by atoms with Crippen LogP contribution in [0.15, 0.2) is 54.9 Å². The van der Waals surface area contributed by atoms with Crippen molar-refractivity contribution in [2.24, 2.45) is 0 Å². The topological polar surface area (TPSA) is 54.0 Å². The molecule has 4 nitrogen and oxygen atoms in total. The van der Waals surface area contributed by atoms with Crippen LogP contribution in [-0.4, -0.2) is 11.0 Å². The fourth-order valence-corrected chi connectivity index (χ4v) is 1.95. The molecule has 0 bridgehead atoms. The Morgan fingerprint density at radius 3 is 2.71 bits per heavy atom. The van der Waals surface area contributed by atoms with E-state index in [0.717, 1.165) is 11.1 Å². The lowest BCUT2D eigenvalue weighted by Gasteiger charge is -2.17. The normalized spacial score (nSPS) is 11.2. The zero-order chi connectivity index (χ0) is 14.9. The number of hydrogen-bond acceptors (Lipinski definition) is 2. The number of nitrogens with zero attached hydrogens (tertiary/aromatic N) is 1. The number of pyridine rings is 1. The highest BCUT2D eigenvalue weighted by atomic mass is 16.2. The van der Waals surface area contributed by atoms with Crippen molar-refractivity contribution in [3.63, 3.8) is 0 Å². The molecule has 0 saturated heterocycles. The summed E-state index contributed by atoms with van der Waals surface area (Å²) in [6.07, 6.45) is 9.24. The van der Waals surface area contributed by atoms with Gasteiger partial charge in [-0.05, 0) is 17.2 Å². The molecule has 2 amide bonds. The van der Waals surface area contributed by atoms with Crippen molar-refractivity contribution in [3.05, 3.63) is 66.0 Å². The van der Waals surface area contributed by atoms with E-state index in [0.29, 0.717) is 13.0 Å². The summed E-state index contributed by atoms with van der Waals surface area (Å²) in [5.74, 6) is 2.59. The van der Waals surface area contributed by atoms with E-state index in [2.05, 4.69) is 21.5 Å². The van der Waals surface area contributed by atoms with Gasteiger partial charge in [-0.15, -0.1) is 12.3 Å². The summed E-state index contributed by atoms with van der Waals surface area (Å²) in [7, 11) is 0. The van der Waals surface area contributed by atoms with Gasteiger partial charge in [-0.3, -0.25) is 4.98 Å². The molecule has 2 rings (SSSR count). The first-order valence-electron chi connectivity index (χ1n) is 6.71. The standard InChI is InChI=1S/C17H17N3O/c1-2-7-16(15-9-4-3-5-10-15)20-17(21)19-13-14-8-6-11-18-12-14/h1,3-6,8-12,16H,7,13H2,(H2,19,20,21)/t16-/m0/s1. The van der Waals surface area contributed by atoms with Crippen LogP contribution in [0.5, 0.6) is 0 Å². The van der Waals surface area contributed by atoms with Gasteiger partial charge in [0, 0.05) is 25.4 Å². The van der Waals surface area contributed by atoms with E-state index in [-0.39, 0.29) is 12.1 Å². The first-order valence-corrected chi connectivity index (χ1v) is 6.71. The minimum Gasteiger partial charge on any atom is -0.334 e. The van der Waals surface area contributed by atoms with Gasteiger partial charge >= 0.3 is 6.03 Å². The SMILES string of the molecule is C#CC[C@H](NC(=O)NCc1cccnc1)c1ccccc1. The average Bonchev–Trinajstić information content (AvgIpc) is 2.54. The van der Waals surface area contributed by atoms with Crippen LogP contribution in [0.3, 0.4) is 0 Å². The van der Waals surface area contributed by atoms with E-state index in [1.54, 1.807) is 12.4 Å². The van der Waals surface area contributed by atoms with Crippen LogP contribution in [-0.2, 0) is 6.54 Å². The Kier molecular flexibility index (Phi) is 5.36. The molecular formula is C17H17N3O. The van der Waals surface area contributed by atoms with E-state index in [1.807, 2.05) is 42.5 Å². The molecule has 2 N–H and O–H groups in total. The summed E-state index contributed by atoms with van der Waals surface area (Å²) in [5, 5.41) is 5.69. The zero-order valence-electron chi connectivity index (χ0n) is 11.6. The van der Waals surface area contributed by atoms with Gasteiger partial charge in [0.05, 0.1) is 6.04 Å². The molecule has 0 unspecified atom stereocenters. The molecule has 1 aromatic carbocycles. The number of benzene rings is 1. The maximum Gasteiger partial charge on any atom is 0.315 e. The molecule has 0 aliphatic heterocycles. The number of terminal acetylenes is 1. The second-order valence-corrected chi connectivity index (χ2v) is 4.56. The molecule has 1 aromatic heterocycles. The zero-order valence-corrected chi connectivity index (χ0v) is 11.6. The highest BCUT2D eigenvalue weighted by Gasteiger charge is 2.12. The third kappa shape index (κ3) is 4.66. The summed E-state index contributed by atoms with van der Waals surface area (Å²) in [6.45, 7) is 0.428. The molecule has 106 valence electrons. The number of urea groups is 1. The van der Waals surface area contributed by atoms with Gasteiger partial charge in [0.25, 0.3) is 0 Å². The lowest BCUT2D eigenvalue weighted by atomic mass is 10.0. The van der Waals surface area contributed by atoms with Crippen LogP contribution in [0.1, 0.15) is 23.6 Å². The summed E-state index contributed by atoms with van der Waals surface area (Å²) in [5.41, 5.74) is 1.94. The average molecular weight is 279 g/mol. The molecular weight excluding hydrogens is 262 g/mol. The largest absolute Gasteiger partial charge is 0.334 e. The van der Waals surface area contributed by atoms with Gasteiger partial charge < -0.3 is 10.6 Å². The molecule has 4 heteroatoms. The van der Waals surface area contributed by atoms with Crippen LogP contribution in [0.2, 0.25) is 0 Å². The fourth-order valence-electron chi connectivity index (χ4n) is 1.95. The van der Waals surface area contributed by atoms with Crippen LogP contribution in [0, 0.1) is 12.3 Å². The predicted molar refractivity (Wildman–Crippen MR) is 82.2 cm³/mol. The van der Waals surface area contributed by atoms with Crippen molar-refractivity contribution in [3.8, 4) is 12.3 Å². The Morgan fingerprint density at radius 1 is 1.24 bits per heavy atom. The van der Waals surface area contributed by atoms with E-state index in [9.17, 15) is 4.79 Å². The van der Waals surface area contributed by atoms with Crippen molar-refractivity contribution >= 4 is 6.03 Å². The third-order valence-electron chi connectivity index (χ3n) is 3.01. The number of aromatic nitrogens is 1. The highest BCUT2D eigenvalue weighted by molar-refractivity contribution is 5.74. The molecule has 0 saturated carbocycles. The first kappa shape index (κ1) is 14.6. The molecule has 21 heavy (non-hydrogen) atoms. The molecule has 1 atom stereocenters. The maximum atomic E-state index is 12.0. The summed E-state index contributed by atoms with van der Waals surface area (Å²) in [4.78, 5) is 16.0. The van der Waals surface area contributed by atoms with Gasteiger partial charge in [0.15, 0.2) is 0 Å². The van der Waals surface area contributed by atoms with Crippen LogP contribution < -0.4 is 10.6 Å². The van der Waals surface area contributed by atoms with E-state index >= 15 is 0 Å². The minimum absolute atomic E-state index is 0.190. The van der Waals surface area contributed by atoms with E-state index in [1.165, 1.54) is 0 Å². The molecule has 1 heterocycles. The lowest BCUT2D eigenvalue weighted by molar-refractivity contribution is 0.237. The number of amides is 2. The molecule has 0 radical (unpaired) electrons. The maximum absolute atomic E-state index is 12.0. The van der Waals surface area contributed by atoms with Gasteiger partial charge in [0.1, 0.15) is 0 Å². The molecule has 0 spiro atoms. The second-order valence-electron chi connectivity index (χ2n) is 4.56. The fraction of sp³-hybridized carbons (Fsp3) is 0.176. The van der Waals surface area contributed by atoms with E-state index < -0.39 is 0 Å². The summed E-state index contributed by atoms with van der Waals surface area (Å²) in [6, 6.07) is 13.0. The van der Waals surface area contributed by atoms with E-state index in [4.69, 9.17) is 6.42 Å². The van der Waals surface area contributed by atoms with Gasteiger partial charge in [-0.2, -0.15) is 0 Å². The van der Waals surface area contributed by atoms with Crippen molar-refractivity contribution in [2.45, 2.75) is 19.0 Å². The molecule has 0 aliphatic carbocycles. The monoisotopic (exact) mass is 279 g/mol. The number of nitrogens with one attached hydrogen (secondary N) is 2. The Bertz CT molecular complexity index is 605. The van der Waals surface area contributed by atoms with Crippen molar-refractivity contribution in [2.75, 3.05) is 0 Å². The smallest absolute Gasteiger partial charge is 0.315 e. The number of hydrogen-bond donors (Lipinski definition) is 2. The third-order valence-corrected chi connectivity index (χ3v) is 3.01. The van der Waals surface area contributed by atoms with Crippen molar-refractivity contribution in [1.29, 1.82) is 0 Å². The van der Waals surface area contributed by atoms with Gasteiger partial charge in [-0.1, -0.05) is 36.4 Å². The van der Waals surface area contributed by atoms with Crippen LogP contribution >= 0.6 is 0 Å². The molecule has 0 aliphatic rings. The van der Waals surface area contributed by atoms with Gasteiger partial charge in [0.2, 0.25) is 0 Å². The number of carbonyl (C=O) groups is 1. The summed E-state index contributed by atoms with van der Waals surface area (Å²) < 4.78 is 0. The highest BCUT2D eigenvalue weighted by Crippen LogP contribution is 2.15. The van der Waals surface area contributed by atoms with Crippen molar-refractivity contribution < 1.29 is 4.79 Å². The minimum atomic E-state index is -0.247. The molecule has 0 fully saturated rings. The molecule has 2 aromatic rings. The Morgan fingerprint density at radius 2 is 2.05 bits per heavy atom. The quantitative estimate of drug-likeness (QED) is 0.827. The summed E-state index contributed by atoms with van der Waals surface area (Å²) >= 11 is 0.